The Labute approximate surface area is 88.7 Å². The molecular weight excluding hydrogens is 228 g/mol. The number of halogens is 1. The van der Waals surface area contributed by atoms with Gasteiger partial charge in [-0.2, -0.15) is 0 Å². The Balaban J connectivity index is 2.90. The summed E-state index contributed by atoms with van der Waals surface area (Å²) >= 11 is 3.53. The largest absolute Gasteiger partial charge is 0.385 e. The van der Waals surface area contributed by atoms with Crippen molar-refractivity contribution in [3.8, 4) is 0 Å². The molecule has 0 bridgehead atoms. The summed E-state index contributed by atoms with van der Waals surface area (Å²) in [5.74, 6) is 0. The second-order valence-electron chi connectivity index (χ2n) is 3.88. The predicted molar refractivity (Wildman–Crippen MR) is 60.1 cm³/mol. The monoisotopic (exact) mass is 244 g/mol. The highest BCUT2D eigenvalue weighted by Gasteiger charge is 2.31. The van der Waals surface area contributed by atoms with Crippen LogP contribution < -0.4 is 0 Å². The molecule has 0 fully saturated rings. The fraction of sp³-hybridized carbons (Fsp3) is 0.636. The van der Waals surface area contributed by atoms with Gasteiger partial charge >= 0.3 is 0 Å². The van der Waals surface area contributed by atoms with Gasteiger partial charge in [-0.25, -0.2) is 0 Å². The van der Waals surface area contributed by atoms with E-state index in [1.54, 1.807) is 0 Å². The van der Waals surface area contributed by atoms with Crippen LogP contribution in [0.2, 0.25) is 0 Å². The minimum absolute atomic E-state index is 0.0616. The Kier molecular flexibility index (Phi) is 3.36. The fourth-order valence-electron chi connectivity index (χ4n) is 1.64. The molecule has 2 atom stereocenters. The summed E-state index contributed by atoms with van der Waals surface area (Å²) in [6.07, 6.45) is 6.18. The van der Waals surface area contributed by atoms with Gasteiger partial charge in [0, 0.05) is 0 Å². The van der Waals surface area contributed by atoms with Gasteiger partial charge in [-0.05, 0) is 25.8 Å². The maximum atomic E-state index is 9.93. The molecule has 1 aliphatic rings. The molecule has 0 radical (unpaired) electrons. The number of aliphatic hydroxyl groups is 1. The Morgan fingerprint density at radius 3 is 2.77 bits per heavy atom. The Bertz CT molecular complexity index is 251. The lowest BCUT2D eigenvalue weighted by molar-refractivity contribution is 0.117. The minimum Gasteiger partial charge on any atom is -0.385 e. The average Bonchev–Trinajstić information content (AvgIpc) is 2.07. The van der Waals surface area contributed by atoms with Crippen molar-refractivity contribution in [1.82, 2.24) is 0 Å². The van der Waals surface area contributed by atoms with E-state index >= 15 is 0 Å². The third kappa shape index (κ3) is 2.23. The van der Waals surface area contributed by atoms with Gasteiger partial charge in [0.2, 0.25) is 0 Å². The Morgan fingerprint density at radius 2 is 2.23 bits per heavy atom. The molecule has 0 spiro atoms. The molecule has 2 unspecified atom stereocenters. The lowest BCUT2D eigenvalue weighted by Crippen LogP contribution is -2.36. The molecule has 74 valence electrons. The number of rotatable bonds is 2. The number of alkyl halides is 1. The van der Waals surface area contributed by atoms with E-state index in [4.69, 9.17) is 0 Å². The van der Waals surface area contributed by atoms with Crippen molar-refractivity contribution in [2.75, 3.05) is 0 Å². The first-order valence-electron chi connectivity index (χ1n) is 4.74. The van der Waals surface area contributed by atoms with E-state index in [-0.39, 0.29) is 4.83 Å². The summed E-state index contributed by atoms with van der Waals surface area (Å²) in [7, 11) is 0. The third-order valence-electron chi connectivity index (χ3n) is 2.54. The zero-order valence-corrected chi connectivity index (χ0v) is 10.1. The maximum absolute atomic E-state index is 9.93. The van der Waals surface area contributed by atoms with Crippen molar-refractivity contribution < 1.29 is 5.11 Å². The van der Waals surface area contributed by atoms with Crippen LogP contribution in [-0.2, 0) is 0 Å². The van der Waals surface area contributed by atoms with Crippen LogP contribution in [0.3, 0.4) is 0 Å². The van der Waals surface area contributed by atoms with E-state index in [9.17, 15) is 5.11 Å². The van der Waals surface area contributed by atoms with Crippen molar-refractivity contribution in [3.63, 3.8) is 0 Å². The summed E-state index contributed by atoms with van der Waals surface area (Å²) in [5.41, 5.74) is 1.88. The summed E-state index contributed by atoms with van der Waals surface area (Å²) in [4.78, 5) is 0.0616. The first-order valence-corrected chi connectivity index (χ1v) is 5.66. The minimum atomic E-state index is -0.735. The van der Waals surface area contributed by atoms with Crippen LogP contribution in [0.15, 0.2) is 23.3 Å². The van der Waals surface area contributed by atoms with E-state index < -0.39 is 5.60 Å². The van der Waals surface area contributed by atoms with E-state index in [0.717, 1.165) is 12.8 Å². The first kappa shape index (κ1) is 11.0. The highest BCUT2D eigenvalue weighted by molar-refractivity contribution is 9.09. The quantitative estimate of drug-likeness (QED) is 0.741. The van der Waals surface area contributed by atoms with Gasteiger partial charge in [-0.1, -0.05) is 47.0 Å². The van der Waals surface area contributed by atoms with Crippen LogP contribution in [0, 0.1) is 0 Å². The van der Waals surface area contributed by atoms with E-state index in [1.807, 2.05) is 13.0 Å². The molecule has 1 aliphatic carbocycles. The summed E-state index contributed by atoms with van der Waals surface area (Å²) < 4.78 is 0. The zero-order chi connectivity index (χ0) is 10.1. The lowest BCUT2D eigenvalue weighted by Gasteiger charge is -2.31. The van der Waals surface area contributed by atoms with Crippen molar-refractivity contribution >= 4 is 15.9 Å². The molecule has 2 heteroatoms. The van der Waals surface area contributed by atoms with Crippen LogP contribution in [0.1, 0.15) is 33.6 Å². The maximum Gasteiger partial charge on any atom is 0.0964 e. The normalized spacial score (nSPS) is 34.1. The average molecular weight is 245 g/mol. The van der Waals surface area contributed by atoms with Gasteiger partial charge in [-0.15, -0.1) is 0 Å². The molecule has 0 saturated heterocycles. The number of hydrogen-bond donors (Lipinski definition) is 1. The van der Waals surface area contributed by atoms with Gasteiger partial charge in [0.15, 0.2) is 0 Å². The molecule has 1 N–H and O–H groups in total. The standard InChI is InChI=1S/C11H17BrO/c1-4-5-9-6-7-11(3,13)10(12)8(9)2/h6-7,10,13H,4-5H2,1-3H3. The molecule has 1 rings (SSSR count). The Morgan fingerprint density at radius 1 is 1.62 bits per heavy atom. The second-order valence-corrected chi connectivity index (χ2v) is 4.80. The highest BCUT2D eigenvalue weighted by Crippen LogP contribution is 2.34. The van der Waals surface area contributed by atoms with Crippen LogP contribution in [-0.4, -0.2) is 15.5 Å². The van der Waals surface area contributed by atoms with Crippen molar-refractivity contribution in [2.45, 2.75) is 44.0 Å². The van der Waals surface area contributed by atoms with Gasteiger partial charge in [0.25, 0.3) is 0 Å². The fourth-order valence-corrected chi connectivity index (χ4v) is 2.08. The number of allylic oxidation sites excluding steroid dienone is 2. The molecule has 0 aromatic heterocycles. The molecule has 0 aromatic rings. The molecule has 0 aromatic carbocycles. The topological polar surface area (TPSA) is 20.2 Å². The van der Waals surface area contributed by atoms with E-state index in [0.29, 0.717) is 0 Å². The van der Waals surface area contributed by atoms with Crippen molar-refractivity contribution in [3.05, 3.63) is 23.3 Å². The summed E-state index contributed by atoms with van der Waals surface area (Å²) in [5, 5.41) is 9.93. The molecule has 0 heterocycles. The SMILES string of the molecule is CCCC1=C(C)C(Br)C(C)(O)C=C1. The van der Waals surface area contributed by atoms with Gasteiger partial charge in [-0.3, -0.25) is 0 Å². The summed E-state index contributed by atoms with van der Waals surface area (Å²) in [6.45, 7) is 6.08. The highest BCUT2D eigenvalue weighted by atomic mass is 79.9. The molecule has 0 aliphatic heterocycles. The zero-order valence-electron chi connectivity index (χ0n) is 8.47. The van der Waals surface area contributed by atoms with E-state index in [1.165, 1.54) is 11.1 Å². The van der Waals surface area contributed by atoms with Crippen LogP contribution >= 0.6 is 15.9 Å². The lowest BCUT2D eigenvalue weighted by atomic mass is 9.86. The van der Waals surface area contributed by atoms with Crippen molar-refractivity contribution in [1.29, 1.82) is 0 Å². The molecule has 0 saturated carbocycles. The smallest absolute Gasteiger partial charge is 0.0964 e. The Hall–Kier alpha value is -0.0800. The molecule has 0 amide bonds. The third-order valence-corrected chi connectivity index (χ3v) is 4.15. The summed E-state index contributed by atoms with van der Waals surface area (Å²) in [6, 6.07) is 0. The van der Waals surface area contributed by atoms with Crippen LogP contribution in [0.25, 0.3) is 0 Å². The van der Waals surface area contributed by atoms with Crippen LogP contribution in [0.4, 0.5) is 0 Å². The molecule has 1 nitrogen and oxygen atoms in total. The van der Waals surface area contributed by atoms with Gasteiger partial charge in [0.05, 0.1) is 10.4 Å². The first-order chi connectivity index (χ1) is 5.99. The van der Waals surface area contributed by atoms with Gasteiger partial charge < -0.3 is 5.11 Å². The molecular formula is C11H17BrO. The second kappa shape index (κ2) is 3.97. The molecule has 13 heavy (non-hydrogen) atoms. The van der Waals surface area contributed by atoms with Gasteiger partial charge in [0.1, 0.15) is 0 Å². The van der Waals surface area contributed by atoms with E-state index in [2.05, 4.69) is 35.9 Å². The van der Waals surface area contributed by atoms with Crippen LogP contribution in [0.5, 0.6) is 0 Å². The van der Waals surface area contributed by atoms with Crippen molar-refractivity contribution in [2.24, 2.45) is 0 Å². The number of hydrogen-bond acceptors (Lipinski definition) is 1. The predicted octanol–water partition coefficient (Wildman–Crippen LogP) is 3.19.